The Morgan fingerprint density at radius 3 is 2.56 bits per heavy atom. The highest BCUT2D eigenvalue weighted by Crippen LogP contribution is 2.52. The summed E-state index contributed by atoms with van der Waals surface area (Å²) in [5, 5.41) is 3.98. The molecule has 3 atom stereocenters. The topological polar surface area (TPSA) is 12.0 Å². The van der Waals surface area contributed by atoms with E-state index in [1.807, 2.05) is 18.2 Å². The zero-order chi connectivity index (χ0) is 17.8. The van der Waals surface area contributed by atoms with Gasteiger partial charge in [-0.2, -0.15) is 13.2 Å². The van der Waals surface area contributed by atoms with E-state index in [9.17, 15) is 13.2 Å². The molecule has 0 fully saturated rings. The van der Waals surface area contributed by atoms with Crippen molar-refractivity contribution < 1.29 is 13.2 Å². The van der Waals surface area contributed by atoms with Crippen LogP contribution in [0.5, 0.6) is 0 Å². The molecule has 0 amide bonds. The first-order valence-electron chi connectivity index (χ1n) is 7.94. The first-order chi connectivity index (χ1) is 11.9. The van der Waals surface area contributed by atoms with Gasteiger partial charge in [-0.15, -0.1) is 0 Å². The van der Waals surface area contributed by atoms with Crippen molar-refractivity contribution in [2.24, 2.45) is 5.92 Å². The summed E-state index contributed by atoms with van der Waals surface area (Å²) in [6.07, 6.45) is 0.444. The molecule has 0 radical (unpaired) electrons. The predicted molar refractivity (Wildman–Crippen MR) is 94.3 cm³/mol. The maximum Gasteiger partial charge on any atom is 0.418 e. The molecule has 4 rings (SSSR count). The molecule has 0 saturated carbocycles. The summed E-state index contributed by atoms with van der Waals surface area (Å²) in [5.41, 5.74) is 1.08. The van der Waals surface area contributed by atoms with Crippen LogP contribution in [0.4, 0.5) is 18.9 Å². The van der Waals surface area contributed by atoms with Gasteiger partial charge in [0.05, 0.1) is 27.3 Å². The number of rotatable bonds is 1. The second kappa shape index (κ2) is 5.96. The van der Waals surface area contributed by atoms with Gasteiger partial charge in [0.2, 0.25) is 0 Å². The molecule has 1 heterocycles. The van der Waals surface area contributed by atoms with Crippen molar-refractivity contribution in [2.45, 2.75) is 24.6 Å². The second-order valence-electron chi connectivity index (χ2n) is 6.42. The number of hydrogen-bond donors (Lipinski definition) is 1. The second-order valence-corrected chi connectivity index (χ2v) is 7.23. The van der Waals surface area contributed by atoms with Crippen molar-refractivity contribution in [1.82, 2.24) is 0 Å². The lowest BCUT2D eigenvalue weighted by molar-refractivity contribution is -0.137. The lowest BCUT2D eigenvalue weighted by Crippen LogP contribution is -2.30. The Balaban J connectivity index is 1.84. The zero-order valence-corrected chi connectivity index (χ0v) is 14.5. The van der Waals surface area contributed by atoms with Gasteiger partial charge in [-0.1, -0.05) is 53.6 Å². The molecule has 2 aromatic carbocycles. The van der Waals surface area contributed by atoms with Crippen LogP contribution in [0.2, 0.25) is 10.0 Å². The van der Waals surface area contributed by atoms with E-state index in [-0.39, 0.29) is 23.6 Å². The van der Waals surface area contributed by atoms with Gasteiger partial charge in [0, 0.05) is 5.92 Å². The van der Waals surface area contributed by atoms with E-state index >= 15 is 0 Å². The maximum absolute atomic E-state index is 13.5. The SMILES string of the molecule is FC(F)(F)c1cccc2c1N[C@@H](c1ccc(Cl)c(Cl)c1)[C@H]1CC=C[C@@H]21. The van der Waals surface area contributed by atoms with Gasteiger partial charge in [-0.05, 0) is 41.7 Å². The summed E-state index contributed by atoms with van der Waals surface area (Å²) in [5.74, 6) is 0.103. The third-order valence-electron chi connectivity index (χ3n) is 5.00. The number of anilines is 1. The van der Waals surface area contributed by atoms with Crippen LogP contribution in [0.15, 0.2) is 48.6 Å². The molecule has 6 heteroatoms. The van der Waals surface area contributed by atoms with Crippen LogP contribution in [0, 0.1) is 5.92 Å². The van der Waals surface area contributed by atoms with Crippen molar-refractivity contribution in [3.05, 3.63) is 75.3 Å². The van der Waals surface area contributed by atoms with E-state index in [1.165, 1.54) is 6.07 Å². The van der Waals surface area contributed by atoms with Crippen LogP contribution < -0.4 is 5.32 Å². The van der Waals surface area contributed by atoms with Gasteiger partial charge in [-0.3, -0.25) is 0 Å². The predicted octanol–water partition coefficient (Wildman–Crippen LogP) is 6.84. The van der Waals surface area contributed by atoms with E-state index < -0.39 is 11.7 Å². The van der Waals surface area contributed by atoms with E-state index in [0.717, 1.165) is 18.1 Å². The largest absolute Gasteiger partial charge is 0.418 e. The maximum atomic E-state index is 13.5. The quantitative estimate of drug-likeness (QED) is 0.531. The summed E-state index contributed by atoms with van der Waals surface area (Å²) >= 11 is 12.1. The number of para-hydroxylation sites is 1. The summed E-state index contributed by atoms with van der Waals surface area (Å²) < 4.78 is 40.4. The Labute approximate surface area is 153 Å². The van der Waals surface area contributed by atoms with Crippen molar-refractivity contribution in [3.8, 4) is 0 Å². The lowest BCUT2D eigenvalue weighted by Gasteiger charge is -2.38. The highest BCUT2D eigenvalue weighted by molar-refractivity contribution is 6.42. The molecule has 2 aromatic rings. The van der Waals surface area contributed by atoms with Crippen molar-refractivity contribution in [1.29, 1.82) is 0 Å². The Morgan fingerprint density at radius 1 is 1.04 bits per heavy atom. The van der Waals surface area contributed by atoms with Crippen molar-refractivity contribution >= 4 is 28.9 Å². The number of hydrogen-bond acceptors (Lipinski definition) is 1. The van der Waals surface area contributed by atoms with Gasteiger partial charge in [0.25, 0.3) is 0 Å². The van der Waals surface area contributed by atoms with Gasteiger partial charge in [0.15, 0.2) is 0 Å². The van der Waals surface area contributed by atoms with E-state index in [4.69, 9.17) is 23.2 Å². The molecule has 2 aliphatic rings. The first-order valence-corrected chi connectivity index (χ1v) is 8.70. The molecule has 0 unspecified atom stereocenters. The number of benzene rings is 2. The van der Waals surface area contributed by atoms with E-state index in [0.29, 0.717) is 15.6 Å². The van der Waals surface area contributed by atoms with Crippen molar-refractivity contribution in [2.75, 3.05) is 5.32 Å². The highest BCUT2D eigenvalue weighted by Gasteiger charge is 2.42. The molecule has 130 valence electrons. The average molecular weight is 384 g/mol. The lowest BCUT2D eigenvalue weighted by atomic mass is 9.76. The zero-order valence-electron chi connectivity index (χ0n) is 12.9. The van der Waals surface area contributed by atoms with Gasteiger partial charge >= 0.3 is 6.18 Å². The third kappa shape index (κ3) is 2.81. The van der Waals surface area contributed by atoms with Gasteiger partial charge in [0.1, 0.15) is 0 Å². The van der Waals surface area contributed by atoms with Crippen molar-refractivity contribution in [3.63, 3.8) is 0 Å². The molecular weight excluding hydrogens is 370 g/mol. The minimum atomic E-state index is -4.41. The first kappa shape index (κ1) is 16.8. The summed E-state index contributed by atoms with van der Waals surface area (Å²) in [6.45, 7) is 0. The molecule has 1 nitrogen and oxygen atoms in total. The molecular formula is C19H14Cl2F3N. The number of halogens is 5. The van der Waals surface area contributed by atoms with Crippen LogP contribution in [-0.2, 0) is 6.18 Å². The molecule has 25 heavy (non-hydrogen) atoms. The Kier molecular flexibility index (Phi) is 4.00. The molecule has 0 bridgehead atoms. The highest BCUT2D eigenvalue weighted by atomic mass is 35.5. The number of allylic oxidation sites excluding steroid dienone is 2. The minimum Gasteiger partial charge on any atom is -0.377 e. The molecule has 0 spiro atoms. The number of fused-ring (bicyclic) bond motifs is 3. The van der Waals surface area contributed by atoms with E-state index in [2.05, 4.69) is 5.32 Å². The Hall–Kier alpha value is -1.65. The number of alkyl halides is 3. The normalized spacial score (nSPS) is 24.6. The molecule has 0 saturated heterocycles. The fourth-order valence-corrected chi connectivity index (χ4v) is 4.20. The van der Waals surface area contributed by atoms with Crippen LogP contribution in [0.1, 0.15) is 35.1 Å². The Bertz CT molecular complexity index is 860. The van der Waals surface area contributed by atoms with Crippen LogP contribution in [-0.4, -0.2) is 0 Å². The monoisotopic (exact) mass is 383 g/mol. The Morgan fingerprint density at radius 2 is 1.84 bits per heavy atom. The van der Waals surface area contributed by atoms with Crippen LogP contribution in [0.25, 0.3) is 0 Å². The van der Waals surface area contributed by atoms with Crippen LogP contribution >= 0.6 is 23.2 Å². The summed E-state index contributed by atoms with van der Waals surface area (Å²) in [6, 6.07) is 9.36. The standard InChI is InChI=1S/C19H14Cl2F3N/c20-15-8-7-10(9-16(15)21)17-12-4-1-3-11(12)13-5-2-6-14(18(13)25-17)19(22,23)24/h1-3,5-9,11-12,17,25H,4H2/t11-,12+,17+/m1/s1. The fourth-order valence-electron chi connectivity index (χ4n) is 3.89. The van der Waals surface area contributed by atoms with E-state index in [1.54, 1.807) is 18.2 Å². The molecule has 0 aromatic heterocycles. The molecule has 1 N–H and O–H groups in total. The third-order valence-corrected chi connectivity index (χ3v) is 5.74. The summed E-state index contributed by atoms with van der Waals surface area (Å²) in [4.78, 5) is 0. The molecule has 1 aliphatic carbocycles. The number of nitrogens with one attached hydrogen (secondary N) is 1. The van der Waals surface area contributed by atoms with Gasteiger partial charge in [-0.25, -0.2) is 0 Å². The summed E-state index contributed by atoms with van der Waals surface area (Å²) in [7, 11) is 0. The van der Waals surface area contributed by atoms with Gasteiger partial charge < -0.3 is 5.32 Å². The average Bonchev–Trinajstić information content (AvgIpc) is 3.05. The smallest absolute Gasteiger partial charge is 0.377 e. The van der Waals surface area contributed by atoms with Crippen LogP contribution in [0.3, 0.4) is 0 Å². The molecule has 1 aliphatic heterocycles. The minimum absolute atomic E-state index is 0.0435. The fraction of sp³-hybridized carbons (Fsp3) is 0.263.